The average molecular weight is 371 g/mol. The van der Waals surface area contributed by atoms with Gasteiger partial charge in [0.2, 0.25) is 15.9 Å². The second kappa shape index (κ2) is 7.72. The van der Waals surface area contributed by atoms with Gasteiger partial charge in [-0.3, -0.25) is 4.79 Å². The second-order valence-electron chi connectivity index (χ2n) is 5.99. The molecule has 3 rings (SSSR count). The molecular formula is C19H21N3O3S. The molecule has 3 aromatic rings. The Bertz CT molecular complexity index is 1030. The van der Waals surface area contributed by atoms with Crippen molar-refractivity contribution in [3.8, 4) is 0 Å². The molecule has 0 bridgehead atoms. The van der Waals surface area contributed by atoms with Gasteiger partial charge < -0.3 is 10.3 Å². The van der Waals surface area contributed by atoms with Crippen molar-refractivity contribution in [2.45, 2.75) is 24.3 Å². The van der Waals surface area contributed by atoms with Gasteiger partial charge in [0.1, 0.15) is 0 Å². The summed E-state index contributed by atoms with van der Waals surface area (Å²) >= 11 is 0. The number of benzene rings is 2. The number of nitrogens with one attached hydrogen (secondary N) is 3. The number of sulfonamides is 1. The molecule has 6 nitrogen and oxygen atoms in total. The van der Waals surface area contributed by atoms with E-state index >= 15 is 0 Å². The normalized spacial score (nSPS) is 11.6. The van der Waals surface area contributed by atoms with Crippen LogP contribution in [0.5, 0.6) is 0 Å². The van der Waals surface area contributed by atoms with Crippen molar-refractivity contribution < 1.29 is 13.2 Å². The highest BCUT2D eigenvalue weighted by Gasteiger charge is 2.12. The Morgan fingerprint density at radius 1 is 1.12 bits per heavy atom. The van der Waals surface area contributed by atoms with E-state index < -0.39 is 10.0 Å². The van der Waals surface area contributed by atoms with Crippen molar-refractivity contribution >= 4 is 26.8 Å². The van der Waals surface area contributed by atoms with Crippen molar-refractivity contribution in [3.05, 3.63) is 65.9 Å². The number of carbonyl (C=O) groups excluding carboxylic acids is 1. The molecule has 7 heteroatoms. The predicted octanol–water partition coefficient (Wildman–Crippen LogP) is 2.32. The molecule has 0 saturated heterocycles. The van der Waals surface area contributed by atoms with Gasteiger partial charge in [0.15, 0.2) is 0 Å². The maximum Gasteiger partial charge on any atom is 0.240 e. The van der Waals surface area contributed by atoms with Crippen LogP contribution in [0.15, 0.2) is 59.6 Å². The van der Waals surface area contributed by atoms with Crippen LogP contribution in [0.4, 0.5) is 0 Å². The molecule has 0 fully saturated rings. The Kier molecular flexibility index (Phi) is 5.39. The van der Waals surface area contributed by atoms with E-state index in [4.69, 9.17) is 0 Å². The summed E-state index contributed by atoms with van der Waals surface area (Å²) < 4.78 is 25.9. The number of para-hydroxylation sites is 1. The minimum Gasteiger partial charge on any atom is -0.361 e. The summed E-state index contributed by atoms with van der Waals surface area (Å²) in [5, 5.41) is 3.97. The van der Waals surface area contributed by atoms with Crippen molar-refractivity contribution in [3.63, 3.8) is 0 Å². The van der Waals surface area contributed by atoms with Crippen molar-refractivity contribution in [2.24, 2.45) is 0 Å². The summed E-state index contributed by atoms with van der Waals surface area (Å²) in [5.74, 6) is -0.0721. The molecule has 1 aromatic heterocycles. The quantitative estimate of drug-likeness (QED) is 0.595. The minimum absolute atomic E-state index is 0.0721. The van der Waals surface area contributed by atoms with Gasteiger partial charge in [0, 0.05) is 30.1 Å². The van der Waals surface area contributed by atoms with Crippen LogP contribution in [-0.4, -0.2) is 26.4 Å². The number of aromatic amines is 1. The van der Waals surface area contributed by atoms with E-state index in [1.807, 2.05) is 30.5 Å². The Morgan fingerprint density at radius 3 is 2.73 bits per heavy atom. The lowest BCUT2D eigenvalue weighted by Gasteiger charge is -2.08. The van der Waals surface area contributed by atoms with Gasteiger partial charge in [-0.25, -0.2) is 13.1 Å². The first-order valence-corrected chi connectivity index (χ1v) is 9.82. The lowest BCUT2D eigenvalue weighted by molar-refractivity contribution is -0.121. The number of hydrogen-bond donors (Lipinski definition) is 3. The topological polar surface area (TPSA) is 91.1 Å². The van der Waals surface area contributed by atoms with Crippen molar-refractivity contribution in [1.82, 2.24) is 15.0 Å². The summed E-state index contributed by atoms with van der Waals surface area (Å²) in [6.07, 6.45) is 2.95. The molecule has 0 saturated carbocycles. The van der Waals surface area contributed by atoms with Crippen LogP contribution in [0, 0.1) is 0 Å². The highest BCUT2D eigenvalue weighted by Crippen LogP contribution is 2.19. The Labute approximate surface area is 152 Å². The van der Waals surface area contributed by atoms with Crippen LogP contribution in [0.2, 0.25) is 0 Å². The van der Waals surface area contributed by atoms with E-state index in [-0.39, 0.29) is 10.8 Å². The maximum absolute atomic E-state index is 12.1. The Balaban J connectivity index is 1.57. The molecule has 0 aliphatic heterocycles. The van der Waals surface area contributed by atoms with E-state index in [1.54, 1.807) is 18.2 Å². The highest BCUT2D eigenvalue weighted by molar-refractivity contribution is 7.89. The number of rotatable bonds is 7. The third kappa shape index (κ3) is 4.12. The van der Waals surface area contributed by atoms with Crippen LogP contribution >= 0.6 is 0 Å². The Morgan fingerprint density at radius 2 is 1.92 bits per heavy atom. The largest absolute Gasteiger partial charge is 0.361 e. The molecule has 0 aliphatic carbocycles. The van der Waals surface area contributed by atoms with E-state index in [0.717, 1.165) is 22.0 Å². The Hall–Kier alpha value is -2.64. The molecule has 2 aromatic carbocycles. The zero-order chi connectivity index (χ0) is 18.6. The molecule has 0 atom stereocenters. The number of amides is 1. The zero-order valence-corrected chi connectivity index (χ0v) is 15.3. The first kappa shape index (κ1) is 18.2. The molecule has 3 N–H and O–H groups in total. The van der Waals surface area contributed by atoms with Gasteiger partial charge in [-0.2, -0.15) is 0 Å². The first-order valence-electron chi connectivity index (χ1n) is 8.34. The van der Waals surface area contributed by atoms with Crippen LogP contribution < -0.4 is 10.0 Å². The van der Waals surface area contributed by atoms with Crippen molar-refractivity contribution in [1.29, 1.82) is 0 Å². The smallest absolute Gasteiger partial charge is 0.240 e. The maximum atomic E-state index is 12.1. The number of aromatic nitrogens is 1. The van der Waals surface area contributed by atoms with Gasteiger partial charge in [0.25, 0.3) is 0 Å². The van der Waals surface area contributed by atoms with Crippen LogP contribution in [0.25, 0.3) is 10.9 Å². The molecule has 1 amide bonds. The average Bonchev–Trinajstić information content (AvgIpc) is 3.08. The molecule has 26 heavy (non-hydrogen) atoms. The van der Waals surface area contributed by atoms with E-state index in [9.17, 15) is 13.2 Å². The number of H-pyrrole nitrogens is 1. The highest BCUT2D eigenvalue weighted by atomic mass is 32.2. The molecule has 0 radical (unpaired) electrons. The van der Waals surface area contributed by atoms with Gasteiger partial charge in [-0.15, -0.1) is 0 Å². The summed E-state index contributed by atoms with van der Waals surface area (Å²) in [7, 11) is -2.12. The summed E-state index contributed by atoms with van der Waals surface area (Å²) in [4.78, 5) is 15.5. The number of carbonyl (C=O) groups is 1. The van der Waals surface area contributed by atoms with Crippen LogP contribution in [0.1, 0.15) is 17.5 Å². The van der Waals surface area contributed by atoms with Crippen LogP contribution in [0.3, 0.4) is 0 Å². The molecular weight excluding hydrogens is 350 g/mol. The first-order chi connectivity index (χ1) is 12.5. The lowest BCUT2D eigenvalue weighted by atomic mass is 10.1. The lowest BCUT2D eigenvalue weighted by Crippen LogP contribution is -2.23. The third-order valence-corrected chi connectivity index (χ3v) is 5.68. The fourth-order valence-electron chi connectivity index (χ4n) is 2.82. The molecule has 136 valence electrons. The zero-order valence-electron chi connectivity index (χ0n) is 14.5. The molecule has 1 heterocycles. The fraction of sp³-hybridized carbons (Fsp3) is 0.211. The summed E-state index contributed by atoms with van der Waals surface area (Å²) in [5.41, 5.74) is 2.91. The molecule has 0 spiro atoms. The summed E-state index contributed by atoms with van der Waals surface area (Å²) in [6, 6.07) is 14.5. The monoisotopic (exact) mass is 371 g/mol. The van der Waals surface area contributed by atoms with Gasteiger partial charge in [-0.1, -0.05) is 30.3 Å². The SMILES string of the molecule is CNS(=O)(=O)c1cccc(CNC(=O)CCc2c[nH]c3ccccc23)c1. The standard InChI is InChI=1S/C19H21N3O3S/c1-20-26(24,25)16-6-4-5-14(11-16)12-22-19(23)10-9-15-13-21-18-8-3-2-7-17(15)18/h2-8,11,13,20-21H,9-10,12H2,1H3,(H,22,23). The minimum atomic E-state index is -3.49. The van der Waals surface area contributed by atoms with E-state index in [0.29, 0.717) is 19.4 Å². The number of fused-ring (bicyclic) bond motifs is 1. The second-order valence-corrected chi connectivity index (χ2v) is 7.88. The number of hydrogen-bond acceptors (Lipinski definition) is 3. The predicted molar refractivity (Wildman–Crippen MR) is 101 cm³/mol. The van der Waals surface area contributed by atoms with Gasteiger partial charge in [0.05, 0.1) is 4.90 Å². The summed E-state index contributed by atoms with van der Waals surface area (Å²) in [6.45, 7) is 0.291. The van der Waals surface area contributed by atoms with Gasteiger partial charge >= 0.3 is 0 Å². The number of aryl methyl sites for hydroxylation is 1. The molecule has 0 aliphatic rings. The van der Waals surface area contributed by atoms with Crippen LogP contribution in [-0.2, 0) is 27.8 Å². The van der Waals surface area contributed by atoms with Crippen molar-refractivity contribution in [2.75, 3.05) is 7.05 Å². The van der Waals surface area contributed by atoms with E-state index in [2.05, 4.69) is 15.0 Å². The van der Waals surface area contributed by atoms with E-state index in [1.165, 1.54) is 13.1 Å². The van der Waals surface area contributed by atoms with Gasteiger partial charge in [-0.05, 0) is 42.8 Å². The molecule has 0 unspecified atom stereocenters. The fourth-order valence-corrected chi connectivity index (χ4v) is 3.62. The third-order valence-electron chi connectivity index (χ3n) is 4.26.